The molecule has 3 heterocycles. The Balaban J connectivity index is 1.57. The van der Waals surface area contributed by atoms with E-state index < -0.39 is 0 Å². The Morgan fingerprint density at radius 3 is 2.78 bits per heavy atom. The predicted molar refractivity (Wildman–Crippen MR) is 104 cm³/mol. The summed E-state index contributed by atoms with van der Waals surface area (Å²) in [5.74, 6) is 1.90. The average molecular weight is 364 g/mol. The van der Waals surface area contributed by atoms with Crippen LogP contribution in [0.3, 0.4) is 0 Å². The molecule has 0 aromatic heterocycles. The number of nitrogens with one attached hydrogen (secondary N) is 1. The van der Waals surface area contributed by atoms with Crippen molar-refractivity contribution >= 4 is 5.71 Å². The number of hydrazone groups is 1. The molecule has 1 fully saturated rings. The molecule has 27 heavy (non-hydrogen) atoms. The zero-order valence-electron chi connectivity index (χ0n) is 15.9. The summed E-state index contributed by atoms with van der Waals surface area (Å²) in [6, 6.07) is 16.9. The summed E-state index contributed by atoms with van der Waals surface area (Å²) in [5, 5.41) is 7.39. The molecule has 5 nitrogen and oxygen atoms in total. The maximum atomic E-state index is 6.63. The Labute approximate surface area is 160 Å². The Bertz CT molecular complexity index is 887. The van der Waals surface area contributed by atoms with E-state index in [0.717, 1.165) is 55.1 Å². The van der Waals surface area contributed by atoms with Crippen molar-refractivity contribution in [1.82, 2.24) is 5.01 Å². The minimum atomic E-state index is -0.320. The minimum Gasteiger partial charge on any atom is -0.497 e. The molecule has 3 aliphatic heterocycles. The maximum absolute atomic E-state index is 6.63. The van der Waals surface area contributed by atoms with Crippen LogP contribution in [-0.2, 0) is 0 Å². The molecule has 0 bridgehead atoms. The monoisotopic (exact) mass is 364 g/mol. The normalized spacial score (nSPS) is 29.0. The second kappa shape index (κ2) is 6.27. The lowest BCUT2D eigenvalue weighted by Crippen LogP contribution is -3.11. The molecule has 0 unspecified atom stereocenters. The summed E-state index contributed by atoms with van der Waals surface area (Å²) < 4.78 is 12.0. The van der Waals surface area contributed by atoms with Crippen LogP contribution in [0.5, 0.6) is 11.5 Å². The molecule has 1 spiro atoms. The summed E-state index contributed by atoms with van der Waals surface area (Å²) in [7, 11) is 3.97. The van der Waals surface area contributed by atoms with Gasteiger partial charge in [-0.3, -0.25) is 0 Å². The fourth-order valence-corrected chi connectivity index (χ4v) is 4.60. The van der Waals surface area contributed by atoms with E-state index in [1.807, 2.05) is 12.1 Å². The fourth-order valence-electron chi connectivity index (χ4n) is 4.60. The van der Waals surface area contributed by atoms with Gasteiger partial charge in [-0.05, 0) is 18.2 Å². The van der Waals surface area contributed by atoms with Gasteiger partial charge in [0.25, 0.3) is 0 Å². The number of benzene rings is 2. The zero-order chi connectivity index (χ0) is 18.4. The molecular weight excluding hydrogens is 338 g/mol. The molecular formula is C22H26N3O2+. The van der Waals surface area contributed by atoms with Crippen molar-refractivity contribution in [2.45, 2.75) is 31.0 Å². The number of ether oxygens (including phenoxy) is 2. The van der Waals surface area contributed by atoms with Crippen LogP contribution in [0, 0.1) is 0 Å². The molecule has 0 amide bonds. The van der Waals surface area contributed by atoms with Gasteiger partial charge in [0.05, 0.1) is 51.8 Å². The number of hydrogen-bond acceptors (Lipinski definition) is 4. The molecule has 0 aliphatic carbocycles. The van der Waals surface area contributed by atoms with Gasteiger partial charge in [-0.1, -0.05) is 30.3 Å². The molecule has 3 aliphatic rings. The van der Waals surface area contributed by atoms with Crippen molar-refractivity contribution in [1.29, 1.82) is 0 Å². The first-order chi connectivity index (χ1) is 13.2. The van der Waals surface area contributed by atoms with Crippen molar-refractivity contribution in [3.8, 4) is 11.5 Å². The highest BCUT2D eigenvalue weighted by Crippen LogP contribution is 2.49. The number of fused-ring (bicyclic) bond motifs is 4. The summed E-state index contributed by atoms with van der Waals surface area (Å²) in [6.45, 7) is 2.21. The first kappa shape index (κ1) is 16.6. The van der Waals surface area contributed by atoms with Gasteiger partial charge in [-0.25, -0.2) is 5.01 Å². The van der Waals surface area contributed by atoms with Crippen LogP contribution in [0.25, 0.3) is 0 Å². The number of piperidine rings is 1. The van der Waals surface area contributed by atoms with Gasteiger partial charge in [0.15, 0.2) is 0 Å². The molecule has 1 N–H and O–H groups in total. The van der Waals surface area contributed by atoms with Gasteiger partial charge in [0.2, 0.25) is 5.72 Å². The van der Waals surface area contributed by atoms with Gasteiger partial charge >= 0.3 is 0 Å². The van der Waals surface area contributed by atoms with Gasteiger partial charge in [0, 0.05) is 17.5 Å². The number of para-hydroxylation sites is 1. The molecule has 5 heteroatoms. The number of rotatable bonds is 2. The summed E-state index contributed by atoms with van der Waals surface area (Å²) in [5.41, 5.74) is 3.18. The Kier molecular flexibility index (Phi) is 3.86. The second-order valence-corrected chi connectivity index (χ2v) is 7.89. The second-order valence-electron chi connectivity index (χ2n) is 7.89. The number of hydrogen-bond donors (Lipinski definition) is 1. The lowest BCUT2D eigenvalue weighted by molar-refractivity contribution is -0.888. The van der Waals surface area contributed by atoms with Crippen molar-refractivity contribution in [3.63, 3.8) is 0 Å². The van der Waals surface area contributed by atoms with E-state index in [9.17, 15) is 0 Å². The van der Waals surface area contributed by atoms with Crippen LogP contribution in [0.1, 0.15) is 36.4 Å². The maximum Gasteiger partial charge on any atom is 0.208 e. The van der Waals surface area contributed by atoms with Gasteiger partial charge < -0.3 is 14.4 Å². The van der Waals surface area contributed by atoms with Crippen molar-refractivity contribution < 1.29 is 14.4 Å². The number of quaternary nitrogens is 1. The standard InChI is InChI=1S/C22H25N3O2/c1-24-12-10-22(11-13-24)25-20(18-8-3-4-9-21(18)27-22)15-19(23-25)16-6-5-7-17(14-16)26-2/h3-9,14,20H,10-13,15H2,1-2H3/p+1/t20-/m1/s1. The average Bonchev–Trinajstić information content (AvgIpc) is 3.17. The predicted octanol–water partition coefficient (Wildman–Crippen LogP) is 2.24. The third kappa shape index (κ3) is 2.69. The molecule has 1 saturated heterocycles. The van der Waals surface area contributed by atoms with E-state index in [2.05, 4.69) is 48.5 Å². The molecule has 2 aromatic carbocycles. The Hall–Kier alpha value is -2.53. The van der Waals surface area contributed by atoms with Gasteiger partial charge in [-0.2, -0.15) is 5.10 Å². The minimum absolute atomic E-state index is 0.245. The van der Waals surface area contributed by atoms with Crippen LogP contribution >= 0.6 is 0 Å². The quantitative estimate of drug-likeness (QED) is 0.888. The van der Waals surface area contributed by atoms with Gasteiger partial charge in [0.1, 0.15) is 11.5 Å². The number of likely N-dealkylation sites (tertiary alicyclic amines) is 1. The number of methoxy groups -OCH3 is 1. The Morgan fingerprint density at radius 1 is 1.15 bits per heavy atom. The van der Waals surface area contributed by atoms with E-state index in [0.29, 0.717) is 0 Å². The molecule has 1 atom stereocenters. The summed E-state index contributed by atoms with van der Waals surface area (Å²) >= 11 is 0. The third-order valence-electron chi connectivity index (χ3n) is 6.19. The van der Waals surface area contributed by atoms with E-state index in [1.54, 1.807) is 12.0 Å². The summed E-state index contributed by atoms with van der Waals surface area (Å²) in [4.78, 5) is 1.57. The van der Waals surface area contributed by atoms with E-state index in [1.165, 1.54) is 5.56 Å². The van der Waals surface area contributed by atoms with Crippen molar-refractivity contribution in [2.24, 2.45) is 5.10 Å². The van der Waals surface area contributed by atoms with E-state index in [4.69, 9.17) is 14.6 Å². The van der Waals surface area contributed by atoms with Crippen LogP contribution in [0.2, 0.25) is 0 Å². The molecule has 2 aromatic rings. The Morgan fingerprint density at radius 2 is 1.96 bits per heavy atom. The van der Waals surface area contributed by atoms with Crippen LogP contribution in [0.15, 0.2) is 53.6 Å². The number of nitrogens with zero attached hydrogens (tertiary/aromatic N) is 2. The highest BCUT2D eigenvalue weighted by molar-refractivity contribution is 6.02. The van der Waals surface area contributed by atoms with Crippen LogP contribution in [-0.4, -0.2) is 43.7 Å². The summed E-state index contributed by atoms with van der Waals surface area (Å²) in [6.07, 6.45) is 2.90. The third-order valence-corrected chi connectivity index (χ3v) is 6.19. The molecule has 0 saturated carbocycles. The SMILES string of the molecule is COc1cccc(C2=NN3[C@H](C2)c2ccccc2OC32CC[NH+](C)CC2)c1. The van der Waals surface area contributed by atoms with Crippen LogP contribution < -0.4 is 14.4 Å². The smallest absolute Gasteiger partial charge is 0.208 e. The zero-order valence-corrected chi connectivity index (χ0v) is 15.9. The fraction of sp³-hybridized carbons (Fsp3) is 0.409. The lowest BCUT2D eigenvalue weighted by atomic mass is 9.91. The first-order valence-corrected chi connectivity index (χ1v) is 9.79. The van der Waals surface area contributed by atoms with Crippen molar-refractivity contribution in [3.05, 3.63) is 59.7 Å². The largest absolute Gasteiger partial charge is 0.497 e. The topological polar surface area (TPSA) is 38.5 Å². The van der Waals surface area contributed by atoms with E-state index >= 15 is 0 Å². The molecule has 140 valence electrons. The highest BCUT2D eigenvalue weighted by Gasteiger charge is 2.52. The molecule has 0 radical (unpaired) electrons. The van der Waals surface area contributed by atoms with Crippen molar-refractivity contribution in [2.75, 3.05) is 27.2 Å². The van der Waals surface area contributed by atoms with Crippen LogP contribution in [0.4, 0.5) is 0 Å². The molecule has 5 rings (SSSR count). The van der Waals surface area contributed by atoms with E-state index in [-0.39, 0.29) is 11.8 Å². The highest BCUT2D eigenvalue weighted by atomic mass is 16.5. The first-order valence-electron chi connectivity index (χ1n) is 9.79. The van der Waals surface area contributed by atoms with Gasteiger partial charge in [-0.15, -0.1) is 0 Å². The lowest BCUT2D eigenvalue weighted by Gasteiger charge is -2.49.